The molecule has 6 heteroatoms. The van der Waals surface area contributed by atoms with Crippen LogP contribution >= 0.6 is 15.9 Å². The zero-order valence-corrected chi connectivity index (χ0v) is 18.6. The van der Waals surface area contributed by atoms with Crippen molar-refractivity contribution in [2.45, 2.75) is 31.3 Å². The van der Waals surface area contributed by atoms with Gasteiger partial charge in [-0.25, -0.2) is 0 Å². The summed E-state index contributed by atoms with van der Waals surface area (Å²) >= 11 is 2.24. The molecular formula is C23H23BrN2O2S. The molecule has 0 fully saturated rings. The first-order valence-electron chi connectivity index (χ1n) is 9.67. The van der Waals surface area contributed by atoms with Gasteiger partial charge in [0.05, 0.1) is 16.6 Å². The molecule has 1 N–H and O–H groups in total. The SMILES string of the molecule is C[S+]([O-])NC1CCc2ccc(Br)c(=O)n2C1Cc1cccc(-c2ccccc2)c1. The van der Waals surface area contributed by atoms with Gasteiger partial charge in [-0.1, -0.05) is 54.6 Å². The largest absolute Gasteiger partial charge is 0.598 e. The van der Waals surface area contributed by atoms with E-state index in [2.05, 4.69) is 57.1 Å². The molecule has 0 saturated carbocycles. The lowest BCUT2D eigenvalue weighted by Crippen LogP contribution is -2.48. The molecular weight excluding hydrogens is 448 g/mol. The average Bonchev–Trinajstić information content (AvgIpc) is 2.73. The molecule has 1 aliphatic rings. The molecule has 1 aromatic heterocycles. The maximum absolute atomic E-state index is 12.9. The predicted octanol–water partition coefficient (Wildman–Crippen LogP) is 4.26. The van der Waals surface area contributed by atoms with E-state index >= 15 is 0 Å². The Bertz CT molecular complexity index is 1050. The number of aromatic nitrogens is 1. The number of nitrogens with zero attached hydrogens (tertiary/aromatic N) is 1. The van der Waals surface area contributed by atoms with Gasteiger partial charge in [0.25, 0.3) is 5.56 Å². The lowest BCUT2D eigenvalue weighted by Gasteiger charge is -2.35. The average molecular weight is 471 g/mol. The van der Waals surface area contributed by atoms with Gasteiger partial charge in [0, 0.05) is 17.1 Å². The second-order valence-corrected chi connectivity index (χ2v) is 9.40. The number of rotatable bonds is 5. The minimum atomic E-state index is -1.14. The van der Waals surface area contributed by atoms with E-state index in [1.54, 1.807) is 6.26 Å². The number of hydrogen-bond donors (Lipinski definition) is 1. The van der Waals surface area contributed by atoms with E-state index in [0.717, 1.165) is 29.7 Å². The van der Waals surface area contributed by atoms with Crippen LogP contribution in [0.5, 0.6) is 0 Å². The molecule has 0 radical (unpaired) electrons. The van der Waals surface area contributed by atoms with Crippen LogP contribution in [0.25, 0.3) is 11.1 Å². The summed E-state index contributed by atoms with van der Waals surface area (Å²) < 4.78 is 17.5. The van der Waals surface area contributed by atoms with E-state index in [9.17, 15) is 9.35 Å². The summed E-state index contributed by atoms with van der Waals surface area (Å²) in [6.07, 6.45) is 3.98. The van der Waals surface area contributed by atoms with Crippen molar-refractivity contribution in [3.8, 4) is 11.1 Å². The molecule has 2 aromatic carbocycles. The van der Waals surface area contributed by atoms with Gasteiger partial charge < -0.3 is 9.12 Å². The summed E-state index contributed by atoms with van der Waals surface area (Å²) in [6, 6.07) is 22.4. The smallest absolute Gasteiger partial charge is 0.265 e. The highest BCUT2D eigenvalue weighted by Crippen LogP contribution is 2.29. The molecule has 3 atom stereocenters. The monoisotopic (exact) mass is 470 g/mol. The summed E-state index contributed by atoms with van der Waals surface area (Å²) in [5.74, 6) is 0. The summed E-state index contributed by atoms with van der Waals surface area (Å²) in [5.41, 5.74) is 4.49. The van der Waals surface area contributed by atoms with Gasteiger partial charge in [-0.3, -0.25) is 4.79 Å². The molecule has 3 aromatic rings. The van der Waals surface area contributed by atoms with Gasteiger partial charge in [0.15, 0.2) is 0 Å². The fourth-order valence-corrected chi connectivity index (χ4v) is 5.17. The van der Waals surface area contributed by atoms with Crippen LogP contribution in [0, 0.1) is 0 Å². The van der Waals surface area contributed by atoms with Gasteiger partial charge in [0.2, 0.25) is 0 Å². The van der Waals surface area contributed by atoms with E-state index < -0.39 is 11.4 Å². The number of nitrogens with one attached hydrogen (secondary N) is 1. The number of halogens is 1. The highest BCUT2D eigenvalue weighted by atomic mass is 79.9. The second-order valence-electron chi connectivity index (χ2n) is 7.40. The number of pyridine rings is 1. The van der Waals surface area contributed by atoms with Crippen molar-refractivity contribution in [2.24, 2.45) is 0 Å². The number of aryl methyl sites for hydroxylation is 1. The van der Waals surface area contributed by atoms with Crippen molar-refractivity contribution >= 4 is 27.3 Å². The molecule has 0 spiro atoms. The fraction of sp³-hybridized carbons (Fsp3) is 0.261. The summed E-state index contributed by atoms with van der Waals surface area (Å²) in [4.78, 5) is 12.9. The second kappa shape index (κ2) is 8.88. The topological polar surface area (TPSA) is 57.1 Å². The molecule has 29 heavy (non-hydrogen) atoms. The Balaban J connectivity index is 1.72. The van der Waals surface area contributed by atoms with E-state index in [-0.39, 0.29) is 17.6 Å². The van der Waals surface area contributed by atoms with Crippen LogP contribution in [0.1, 0.15) is 23.7 Å². The number of hydrogen-bond acceptors (Lipinski definition) is 3. The summed E-state index contributed by atoms with van der Waals surface area (Å²) in [7, 11) is 0. The molecule has 0 saturated heterocycles. The van der Waals surface area contributed by atoms with Crippen LogP contribution in [0.4, 0.5) is 0 Å². The first-order valence-corrected chi connectivity index (χ1v) is 12.0. The summed E-state index contributed by atoms with van der Waals surface area (Å²) in [5, 5.41) is 0. The molecule has 4 rings (SSSR count). The van der Waals surface area contributed by atoms with Gasteiger partial charge in [-0.05, 0) is 64.0 Å². The van der Waals surface area contributed by atoms with Gasteiger partial charge >= 0.3 is 0 Å². The van der Waals surface area contributed by atoms with Crippen LogP contribution in [0.3, 0.4) is 0 Å². The molecule has 150 valence electrons. The maximum Gasteiger partial charge on any atom is 0.265 e. The van der Waals surface area contributed by atoms with Crippen LogP contribution < -0.4 is 10.3 Å². The van der Waals surface area contributed by atoms with Crippen molar-refractivity contribution in [2.75, 3.05) is 6.26 Å². The zero-order chi connectivity index (χ0) is 20.4. The Morgan fingerprint density at radius 3 is 2.62 bits per heavy atom. The van der Waals surface area contributed by atoms with E-state index in [1.165, 1.54) is 5.56 Å². The van der Waals surface area contributed by atoms with Crippen molar-refractivity contribution < 1.29 is 4.55 Å². The van der Waals surface area contributed by atoms with Crippen molar-refractivity contribution in [1.29, 1.82) is 0 Å². The number of fused-ring (bicyclic) bond motifs is 1. The van der Waals surface area contributed by atoms with Gasteiger partial charge in [0.1, 0.15) is 6.26 Å². The third kappa shape index (κ3) is 4.51. The van der Waals surface area contributed by atoms with E-state index in [0.29, 0.717) is 10.9 Å². The third-order valence-electron chi connectivity index (χ3n) is 5.46. The highest BCUT2D eigenvalue weighted by molar-refractivity contribution is 9.10. The molecule has 1 aliphatic heterocycles. The zero-order valence-electron chi connectivity index (χ0n) is 16.2. The molecule has 0 aliphatic carbocycles. The van der Waals surface area contributed by atoms with Crippen LogP contribution in [-0.2, 0) is 24.2 Å². The predicted molar refractivity (Wildman–Crippen MR) is 122 cm³/mol. The molecule has 0 bridgehead atoms. The molecule has 4 nitrogen and oxygen atoms in total. The minimum absolute atomic E-state index is 0.0271. The van der Waals surface area contributed by atoms with Crippen molar-refractivity contribution in [3.63, 3.8) is 0 Å². The Morgan fingerprint density at radius 1 is 1.10 bits per heavy atom. The number of benzene rings is 2. The van der Waals surface area contributed by atoms with Crippen LogP contribution in [0.15, 0.2) is 76.0 Å². The normalized spacial score (nSPS) is 19.6. The lowest BCUT2D eigenvalue weighted by atomic mass is 9.90. The lowest BCUT2D eigenvalue weighted by molar-refractivity contribution is 0.315. The quantitative estimate of drug-likeness (QED) is 0.566. The van der Waals surface area contributed by atoms with E-state index in [1.807, 2.05) is 34.9 Å². The maximum atomic E-state index is 12.9. The molecule has 2 heterocycles. The standard InChI is InChI=1S/C23H23BrN2O2S/c1-29(28)25-21-13-11-19-10-12-20(24)23(27)26(19)22(21)15-16-6-5-9-18(14-16)17-7-3-2-4-8-17/h2-10,12,14,21-22,25H,11,13,15H2,1H3. The highest BCUT2D eigenvalue weighted by Gasteiger charge is 2.33. The molecule has 3 unspecified atom stereocenters. The Morgan fingerprint density at radius 2 is 1.86 bits per heavy atom. The van der Waals surface area contributed by atoms with Crippen molar-refractivity contribution in [3.05, 3.63) is 92.8 Å². The first-order chi connectivity index (χ1) is 14.0. The Kier molecular flexibility index (Phi) is 6.25. The Labute approximate surface area is 182 Å². The third-order valence-corrected chi connectivity index (χ3v) is 6.70. The summed E-state index contributed by atoms with van der Waals surface area (Å²) in [6.45, 7) is 0. The first kappa shape index (κ1) is 20.4. The molecule has 0 amide bonds. The Hall–Kier alpha value is -1.86. The van der Waals surface area contributed by atoms with Gasteiger partial charge in [-0.2, -0.15) is 0 Å². The fourth-order valence-electron chi connectivity index (χ4n) is 4.14. The van der Waals surface area contributed by atoms with E-state index in [4.69, 9.17) is 0 Å². The minimum Gasteiger partial charge on any atom is -0.598 e. The van der Waals surface area contributed by atoms with Gasteiger partial charge in [-0.15, -0.1) is 4.72 Å². The van der Waals surface area contributed by atoms with Crippen molar-refractivity contribution in [1.82, 2.24) is 9.29 Å². The van der Waals surface area contributed by atoms with Crippen LogP contribution in [0.2, 0.25) is 0 Å². The van der Waals surface area contributed by atoms with Crippen LogP contribution in [-0.4, -0.2) is 21.4 Å².